The Hall–Kier alpha value is -4.76. The van der Waals surface area contributed by atoms with Gasteiger partial charge < -0.3 is 15.4 Å². The van der Waals surface area contributed by atoms with Gasteiger partial charge in [-0.15, -0.1) is 11.3 Å². The van der Waals surface area contributed by atoms with E-state index < -0.39 is 5.69 Å². The Balaban J connectivity index is 1.39. The van der Waals surface area contributed by atoms with Crippen LogP contribution in [0.2, 0.25) is 0 Å². The van der Waals surface area contributed by atoms with Crippen molar-refractivity contribution < 1.29 is 5.11 Å². The van der Waals surface area contributed by atoms with Gasteiger partial charge in [0.25, 0.3) is 5.62 Å². The van der Waals surface area contributed by atoms with E-state index in [2.05, 4.69) is 41.4 Å². The molecule has 0 unspecified atom stereocenters. The summed E-state index contributed by atoms with van der Waals surface area (Å²) >= 11 is 1.45. The molecule has 1 fully saturated rings. The third-order valence-corrected chi connectivity index (χ3v) is 6.72. The second-order valence-electron chi connectivity index (χ2n) is 8.31. The fraction of sp³-hybridized carbons (Fsp3) is 0.167. The largest absolute Gasteiger partial charge is 0.493 e. The molecule has 0 saturated heterocycles. The molecule has 1 aliphatic carbocycles. The van der Waals surface area contributed by atoms with Gasteiger partial charge in [-0.05, 0) is 42.2 Å². The number of thiophene rings is 1. The number of aromatic hydroxyl groups is 1. The molecule has 6 rings (SSSR count). The fourth-order valence-electron chi connectivity index (χ4n) is 3.79. The van der Waals surface area contributed by atoms with Crippen LogP contribution in [-0.2, 0) is 6.54 Å². The molecule has 0 atom stereocenters. The Morgan fingerprint density at radius 1 is 1.25 bits per heavy atom. The predicted molar refractivity (Wildman–Crippen MR) is 133 cm³/mol. The van der Waals surface area contributed by atoms with Crippen molar-refractivity contribution in [2.24, 2.45) is 4.99 Å². The second kappa shape index (κ2) is 8.79. The normalized spacial score (nSPS) is 14.4. The van der Waals surface area contributed by atoms with Crippen molar-refractivity contribution in [3.8, 4) is 22.4 Å². The molecule has 0 bridgehead atoms. The highest BCUT2D eigenvalue weighted by atomic mass is 32.1. The molecule has 36 heavy (non-hydrogen) atoms. The highest BCUT2D eigenvalue weighted by molar-refractivity contribution is 7.16. The summed E-state index contributed by atoms with van der Waals surface area (Å²) in [6, 6.07) is 14.1. The zero-order chi connectivity index (χ0) is 24.6. The number of imidazole rings is 1. The molecule has 0 amide bonds. The third kappa shape index (κ3) is 4.23. The number of anilines is 1. The first-order valence-corrected chi connectivity index (χ1v) is 12.0. The molecule has 0 radical (unpaired) electrons. The maximum atomic E-state index is 11.5. The molecule has 178 valence electrons. The van der Waals surface area contributed by atoms with Crippen LogP contribution in [0.5, 0.6) is 5.88 Å². The minimum atomic E-state index is -0.511. The number of nitrogens with zero attached hydrogens (tertiary/aromatic N) is 6. The minimum Gasteiger partial charge on any atom is -0.493 e. The van der Waals surface area contributed by atoms with Crippen molar-refractivity contribution in [3.63, 3.8) is 0 Å². The molecule has 12 heteroatoms. The molecular formula is C24H19N9O2S. The molecule has 5 aromatic rings. The van der Waals surface area contributed by atoms with Crippen LogP contribution < -0.4 is 21.8 Å². The van der Waals surface area contributed by atoms with Gasteiger partial charge in [0.2, 0.25) is 11.8 Å². The Morgan fingerprint density at radius 3 is 2.86 bits per heavy atom. The van der Waals surface area contributed by atoms with E-state index in [0.29, 0.717) is 33.9 Å². The number of nitriles is 1. The van der Waals surface area contributed by atoms with Crippen LogP contribution in [0.15, 0.2) is 52.4 Å². The number of benzene rings is 1. The van der Waals surface area contributed by atoms with Gasteiger partial charge in [0.15, 0.2) is 5.65 Å². The van der Waals surface area contributed by atoms with E-state index >= 15 is 0 Å². The molecule has 4 heterocycles. The van der Waals surface area contributed by atoms with E-state index in [9.17, 15) is 15.2 Å². The van der Waals surface area contributed by atoms with E-state index in [1.54, 1.807) is 16.8 Å². The lowest BCUT2D eigenvalue weighted by atomic mass is 10.1. The minimum absolute atomic E-state index is 0.214. The van der Waals surface area contributed by atoms with Crippen LogP contribution in [-0.4, -0.2) is 40.7 Å². The van der Waals surface area contributed by atoms with Crippen LogP contribution in [0.3, 0.4) is 0 Å². The standard InChI is InChI=1S/C24H19N9O2S/c25-10-16-7-8-19(36-16)17-4-2-1-3-13(17)11-26-22-30-20-14(9-18-21(34)31-24(35)29-18)12-27-33(20)23(32-22)28-15-5-6-15/h1-4,7-9,12,15,34H,5-6,11H2,(H,26,28,32)(H2,29,31,35). The van der Waals surface area contributed by atoms with Gasteiger partial charge in [0.05, 0.1) is 12.2 Å². The predicted octanol–water partition coefficient (Wildman–Crippen LogP) is 1.67. The Labute approximate surface area is 207 Å². The Morgan fingerprint density at radius 2 is 2.11 bits per heavy atom. The van der Waals surface area contributed by atoms with Crippen LogP contribution in [0.25, 0.3) is 22.2 Å². The lowest BCUT2D eigenvalue weighted by Gasteiger charge is -2.09. The van der Waals surface area contributed by atoms with Crippen molar-refractivity contribution in [1.82, 2.24) is 29.5 Å². The van der Waals surface area contributed by atoms with E-state index in [1.807, 2.05) is 36.4 Å². The molecule has 11 nitrogen and oxygen atoms in total. The highest BCUT2D eigenvalue weighted by Gasteiger charge is 2.21. The number of rotatable bonds is 6. The fourth-order valence-corrected chi connectivity index (χ4v) is 4.65. The summed E-state index contributed by atoms with van der Waals surface area (Å²) in [7, 11) is 0. The first kappa shape index (κ1) is 21.8. The topological polar surface area (TPSA) is 160 Å². The maximum absolute atomic E-state index is 11.5. The van der Waals surface area contributed by atoms with Crippen molar-refractivity contribution in [2.45, 2.75) is 25.4 Å². The average molecular weight is 498 g/mol. The summed E-state index contributed by atoms with van der Waals surface area (Å²) in [5.41, 5.74) is 2.70. The van der Waals surface area contributed by atoms with Crippen LogP contribution in [0.4, 0.5) is 5.95 Å². The van der Waals surface area contributed by atoms with Crippen molar-refractivity contribution in [2.75, 3.05) is 5.32 Å². The number of hydrogen-bond donors (Lipinski definition) is 4. The molecule has 1 aliphatic rings. The summed E-state index contributed by atoms with van der Waals surface area (Å²) in [6.45, 7) is 0.452. The van der Waals surface area contributed by atoms with Crippen LogP contribution in [0.1, 0.15) is 29.0 Å². The van der Waals surface area contributed by atoms with Crippen molar-refractivity contribution in [1.29, 1.82) is 5.26 Å². The molecule has 4 aromatic heterocycles. The van der Waals surface area contributed by atoms with Crippen LogP contribution in [0, 0.1) is 11.3 Å². The van der Waals surface area contributed by atoms with E-state index in [-0.39, 0.29) is 17.6 Å². The number of aromatic nitrogens is 6. The Bertz CT molecular complexity index is 1820. The van der Waals surface area contributed by atoms with Gasteiger partial charge >= 0.3 is 5.69 Å². The summed E-state index contributed by atoms with van der Waals surface area (Å²) in [5.74, 6) is 0.113. The maximum Gasteiger partial charge on any atom is 0.326 e. The van der Waals surface area contributed by atoms with Gasteiger partial charge in [-0.1, -0.05) is 24.3 Å². The molecule has 1 aromatic carbocycles. The quantitative estimate of drug-likeness (QED) is 0.277. The van der Waals surface area contributed by atoms with E-state index in [1.165, 1.54) is 11.3 Å². The van der Waals surface area contributed by atoms with E-state index in [0.717, 1.165) is 28.8 Å². The van der Waals surface area contributed by atoms with Gasteiger partial charge in [-0.3, -0.25) is 4.98 Å². The third-order valence-electron chi connectivity index (χ3n) is 5.69. The number of fused-ring (bicyclic) bond motifs is 1. The molecule has 0 aliphatic heterocycles. The van der Waals surface area contributed by atoms with Gasteiger partial charge in [0.1, 0.15) is 16.6 Å². The lowest BCUT2D eigenvalue weighted by molar-refractivity contribution is 0.454. The second-order valence-corrected chi connectivity index (χ2v) is 9.40. The van der Waals surface area contributed by atoms with Gasteiger partial charge in [0, 0.05) is 16.6 Å². The smallest absolute Gasteiger partial charge is 0.326 e. The van der Waals surface area contributed by atoms with Crippen molar-refractivity contribution in [3.05, 3.63) is 80.1 Å². The number of nitrogens with one attached hydrogen (secondary N) is 3. The first-order valence-electron chi connectivity index (χ1n) is 11.2. The summed E-state index contributed by atoms with van der Waals surface area (Å²) in [5, 5.41) is 27.4. The zero-order valence-electron chi connectivity index (χ0n) is 18.8. The number of hydrogen-bond acceptors (Lipinski definition) is 9. The number of H-pyrrole nitrogens is 2. The SMILES string of the molecule is N#Cc1ccc(-c2ccccc2CNc2nc(=NC3CC3)n3ncc(=Cc4[nH]c(=O)[nH]c4O)c3n2)s1. The molecule has 4 N–H and O–H groups in total. The number of aromatic amines is 2. The Kier molecular flexibility index (Phi) is 5.31. The average Bonchev–Trinajstić information content (AvgIpc) is 3.26. The molecular weight excluding hydrogens is 478 g/mol. The molecule has 0 spiro atoms. The van der Waals surface area contributed by atoms with Gasteiger partial charge in [-0.25, -0.2) is 9.79 Å². The zero-order valence-corrected chi connectivity index (χ0v) is 19.6. The van der Waals surface area contributed by atoms with E-state index in [4.69, 9.17) is 0 Å². The molecule has 1 saturated carbocycles. The van der Waals surface area contributed by atoms with Gasteiger partial charge in [-0.2, -0.15) is 24.8 Å². The lowest BCUT2D eigenvalue weighted by Crippen LogP contribution is -2.24. The first-order chi connectivity index (χ1) is 17.6. The summed E-state index contributed by atoms with van der Waals surface area (Å²) < 4.78 is 1.56. The van der Waals surface area contributed by atoms with Crippen LogP contribution >= 0.6 is 11.3 Å². The monoisotopic (exact) mass is 497 g/mol. The summed E-state index contributed by atoms with van der Waals surface area (Å²) in [4.78, 5) is 32.0. The summed E-state index contributed by atoms with van der Waals surface area (Å²) in [6.07, 6.45) is 5.19. The highest BCUT2D eigenvalue weighted by Crippen LogP contribution is 2.30. The van der Waals surface area contributed by atoms with Crippen molar-refractivity contribution >= 4 is 29.0 Å².